The Labute approximate surface area is 115 Å². The molecule has 9 nitrogen and oxygen atoms in total. The number of aliphatic hydroxyl groups is 1. The fraction of sp³-hybridized carbons (Fsp3) is 0.636. The van der Waals surface area contributed by atoms with Gasteiger partial charge in [0.15, 0.2) is 0 Å². The van der Waals surface area contributed by atoms with E-state index in [2.05, 4.69) is 10.4 Å². The van der Waals surface area contributed by atoms with Gasteiger partial charge in [-0.15, -0.1) is 0 Å². The van der Waals surface area contributed by atoms with Crippen molar-refractivity contribution in [1.82, 2.24) is 15.1 Å². The van der Waals surface area contributed by atoms with E-state index in [1.165, 1.54) is 4.68 Å². The number of nitro groups is 1. The number of nitrogens with one attached hydrogen (secondary N) is 1. The molecule has 0 aliphatic carbocycles. The summed E-state index contributed by atoms with van der Waals surface area (Å²) in [6.07, 6.45) is -0.571. The lowest BCUT2D eigenvalue weighted by molar-refractivity contribution is -0.386. The average molecular weight is 285 g/mol. The van der Waals surface area contributed by atoms with E-state index in [0.717, 1.165) is 0 Å². The number of hydrogen-bond donors (Lipinski definition) is 3. The number of primary amides is 1. The van der Waals surface area contributed by atoms with Gasteiger partial charge in [-0.25, -0.2) is 0 Å². The van der Waals surface area contributed by atoms with E-state index >= 15 is 0 Å². The van der Waals surface area contributed by atoms with Gasteiger partial charge >= 0.3 is 5.69 Å². The third-order valence-corrected chi connectivity index (χ3v) is 2.84. The van der Waals surface area contributed by atoms with Crippen LogP contribution in [0.5, 0.6) is 0 Å². The van der Waals surface area contributed by atoms with Gasteiger partial charge in [0.05, 0.1) is 17.6 Å². The smallest absolute Gasteiger partial charge is 0.312 e. The summed E-state index contributed by atoms with van der Waals surface area (Å²) in [7, 11) is 0. The lowest BCUT2D eigenvalue weighted by atomic mass is 10.3. The van der Waals surface area contributed by atoms with Crippen LogP contribution in [0.4, 0.5) is 5.69 Å². The topological polar surface area (TPSA) is 136 Å². The van der Waals surface area contributed by atoms with Crippen LogP contribution in [0.15, 0.2) is 0 Å². The van der Waals surface area contributed by atoms with E-state index in [9.17, 15) is 20.0 Å². The molecule has 0 bridgehead atoms. The van der Waals surface area contributed by atoms with Gasteiger partial charge in [-0.2, -0.15) is 5.10 Å². The first kappa shape index (κ1) is 16.1. The molecular weight excluding hydrogens is 266 g/mol. The monoisotopic (exact) mass is 285 g/mol. The predicted octanol–water partition coefficient (Wildman–Crippen LogP) is -0.766. The Balaban J connectivity index is 2.54. The number of hydrogen-bond acceptors (Lipinski definition) is 6. The molecule has 0 aliphatic heterocycles. The Bertz CT molecular complexity index is 499. The van der Waals surface area contributed by atoms with Crippen molar-refractivity contribution in [2.75, 3.05) is 13.1 Å². The highest BCUT2D eigenvalue weighted by atomic mass is 16.6. The van der Waals surface area contributed by atoms with Crippen LogP contribution in [0, 0.1) is 24.0 Å². The summed E-state index contributed by atoms with van der Waals surface area (Å²) in [6.45, 7) is 3.91. The maximum Gasteiger partial charge on any atom is 0.312 e. The molecule has 1 unspecified atom stereocenters. The van der Waals surface area contributed by atoms with Crippen molar-refractivity contribution in [3.8, 4) is 0 Å². The molecule has 0 saturated carbocycles. The molecule has 1 amide bonds. The largest absolute Gasteiger partial charge is 0.390 e. The third-order valence-electron chi connectivity index (χ3n) is 2.84. The third kappa shape index (κ3) is 4.28. The first-order valence-corrected chi connectivity index (χ1v) is 6.18. The second kappa shape index (κ2) is 6.96. The minimum absolute atomic E-state index is 0.0288. The molecule has 112 valence electrons. The average Bonchev–Trinajstić information content (AvgIpc) is 2.59. The highest BCUT2D eigenvalue weighted by Crippen LogP contribution is 2.21. The second-order valence-corrected chi connectivity index (χ2v) is 4.53. The Morgan fingerprint density at radius 1 is 1.60 bits per heavy atom. The van der Waals surface area contributed by atoms with Crippen LogP contribution >= 0.6 is 0 Å². The number of aliphatic hydroxyl groups excluding tert-OH is 1. The lowest BCUT2D eigenvalue weighted by Crippen LogP contribution is -2.32. The van der Waals surface area contributed by atoms with Gasteiger partial charge in [-0.05, 0) is 13.8 Å². The maximum atomic E-state index is 10.9. The van der Waals surface area contributed by atoms with E-state index in [4.69, 9.17) is 5.73 Å². The van der Waals surface area contributed by atoms with Gasteiger partial charge in [-0.3, -0.25) is 19.6 Å². The number of carbonyl (C=O) groups excluding carboxylic acids is 1. The summed E-state index contributed by atoms with van der Waals surface area (Å²) >= 11 is 0. The molecule has 0 saturated heterocycles. The quantitative estimate of drug-likeness (QED) is 0.326. The van der Waals surface area contributed by atoms with Crippen molar-refractivity contribution >= 4 is 11.6 Å². The number of carbonyl (C=O) groups is 1. The summed E-state index contributed by atoms with van der Waals surface area (Å²) in [4.78, 5) is 20.9. The summed E-state index contributed by atoms with van der Waals surface area (Å²) in [5.74, 6) is -0.416. The van der Waals surface area contributed by atoms with Crippen LogP contribution in [0.25, 0.3) is 0 Å². The van der Waals surface area contributed by atoms with Crippen LogP contribution in [-0.4, -0.2) is 44.9 Å². The van der Waals surface area contributed by atoms with Crippen LogP contribution in [-0.2, 0) is 11.3 Å². The molecule has 9 heteroatoms. The second-order valence-electron chi connectivity index (χ2n) is 4.53. The van der Waals surface area contributed by atoms with Crippen molar-refractivity contribution in [2.24, 2.45) is 5.73 Å². The normalized spacial score (nSPS) is 12.3. The molecule has 1 atom stereocenters. The summed E-state index contributed by atoms with van der Waals surface area (Å²) in [5.41, 5.74) is 5.68. The molecule has 20 heavy (non-hydrogen) atoms. The molecule has 0 fully saturated rings. The zero-order valence-electron chi connectivity index (χ0n) is 11.5. The summed E-state index contributed by atoms with van der Waals surface area (Å²) < 4.78 is 1.41. The van der Waals surface area contributed by atoms with Crippen LogP contribution in [0.2, 0.25) is 0 Å². The fourth-order valence-electron chi connectivity index (χ4n) is 1.87. The van der Waals surface area contributed by atoms with Crippen molar-refractivity contribution in [3.05, 3.63) is 21.5 Å². The minimum Gasteiger partial charge on any atom is -0.390 e. The highest BCUT2D eigenvalue weighted by molar-refractivity contribution is 5.73. The molecule has 1 aromatic rings. The molecule has 4 N–H and O–H groups in total. The van der Waals surface area contributed by atoms with Crippen LogP contribution in [0.1, 0.15) is 17.8 Å². The van der Waals surface area contributed by atoms with Crippen molar-refractivity contribution < 1.29 is 14.8 Å². The number of aryl methyl sites for hydroxylation is 1. The highest BCUT2D eigenvalue weighted by Gasteiger charge is 2.22. The van der Waals surface area contributed by atoms with Crippen molar-refractivity contribution in [3.63, 3.8) is 0 Å². The number of rotatable bonds is 8. The van der Waals surface area contributed by atoms with Gasteiger partial charge in [0.1, 0.15) is 11.4 Å². The molecule has 1 rings (SSSR count). The number of amides is 1. The predicted molar refractivity (Wildman–Crippen MR) is 71.0 cm³/mol. The lowest BCUT2D eigenvalue weighted by Gasteiger charge is -2.12. The van der Waals surface area contributed by atoms with Gasteiger partial charge in [-0.1, -0.05) is 0 Å². The summed E-state index contributed by atoms with van der Waals surface area (Å²) in [5, 5.41) is 27.6. The van der Waals surface area contributed by atoms with Gasteiger partial charge < -0.3 is 16.2 Å². The van der Waals surface area contributed by atoms with E-state index in [-0.39, 0.29) is 25.2 Å². The standard InChI is InChI=1S/C11H19N5O4/c1-7-11(16(19)20)8(2)15(14-7)6-9(17)5-13-4-3-10(12)18/h9,13,17H,3-6H2,1-2H3,(H2,12,18). The Hall–Kier alpha value is -2.00. The molecule has 0 aromatic carbocycles. The first-order valence-electron chi connectivity index (χ1n) is 6.18. The van der Waals surface area contributed by atoms with E-state index in [0.29, 0.717) is 17.9 Å². The molecular formula is C11H19N5O4. The zero-order valence-corrected chi connectivity index (χ0v) is 11.5. The maximum absolute atomic E-state index is 10.9. The van der Waals surface area contributed by atoms with Gasteiger partial charge in [0.25, 0.3) is 0 Å². The SMILES string of the molecule is Cc1nn(CC(O)CNCCC(N)=O)c(C)c1[N+](=O)[O-]. The molecule has 0 radical (unpaired) electrons. The molecule has 0 aliphatic rings. The molecule has 1 heterocycles. The van der Waals surface area contributed by atoms with Crippen LogP contribution in [0.3, 0.4) is 0 Å². The molecule has 0 spiro atoms. The summed E-state index contributed by atoms with van der Waals surface area (Å²) in [6, 6.07) is 0. The minimum atomic E-state index is -0.763. The van der Waals surface area contributed by atoms with E-state index in [1.54, 1.807) is 13.8 Å². The van der Waals surface area contributed by atoms with E-state index < -0.39 is 16.9 Å². The number of nitrogens with zero attached hydrogens (tertiary/aromatic N) is 3. The number of aromatic nitrogens is 2. The van der Waals surface area contributed by atoms with Gasteiger partial charge in [0.2, 0.25) is 5.91 Å². The number of nitrogens with two attached hydrogens (primary N) is 1. The molecule has 1 aromatic heterocycles. The Morgan fingerprint density at radius 2 is 2.25 bits per heavy atom. The Morgan fingerprint density at radius 3 is 2.75 bits per heavy atom. The zero-order chi connectivity index (χ0) is 15.3. The first-order chi connectivity index (χ1) is 9.32. The van der Waals surface area contributed by atoms with Crippen molar-refractivity contribution in [2.45, 2.75) is 32.9 Å². The van der Waals surface area contributed by atoms with Gasteiger partial charge in [0, 0.05) is 19.5 Å². The van der Waals surface area contributed by atoms with Crippen LogP contribution < -0.4 is 11.1 Å². The van der Waals surface area contributed by atoms with E-state index in [1.807, 2.05) is 0 Å². The fourth-order valence-corrected chi connectivity index (χ4v) is 1.87. The van der Waals surface area contributed by atoms with Crippen molar-refractivity contribution in [1.29, 1.82) is 0 Å². The Kier molecular flexibility index (Phi) is 5.59.